The number of hydrogen-bond donors (Lipinski definition) is 1. The Morgan fingerprint density at radius 3 is 2.64 bits per heavy atom. The smallest absolute Gasteiger partial charge is 0.246 e. The van der Waals surface area contributed by atoms with E-state index in [1.807, 2.05) is 18.7 Å². The SMILES string of the molecule is CC1(C)SC[C@@H](C(=O)N2CCC3(CCc4ccccc43)CC2)NC1=O. The van der Waals surface area contributed by atoms with E-state index in [0.717, 1.165) is 32.4 Å². The molecule has 3 aliphatic rings. The van der Waals surface area contributed by atoms with E-state index in [1.165, 1.54) is 17.5 Å². The number of hydrogen-bond acceptors (Lipinski definition) is 3. The number of likely N-dealkylation sites (tertiary alicyclic amines) is 1. The lowest BCUT2D eigenvalue weighted by molar-refractivity contribution is -0.137. The molecule has 1 aromatic rings. The van der Waals surface area contributed by atoms with Gasteiger partial charge in [-0.3, -0.25) is 9.59 Å². The maximum atomic E-state index is 12.9. The number of rotatable bonds is 1. The number of carbonyl (C=O) groups is 2. The van der Waals surface area contributed by atoms with Crippen LogP contribution in [0.5, 0.6) is 0 Å². The summed E-state index contributed by atoms with van der Waals surface area (Å²) in [4.78, 5) is 27.0. The second-order valence-electron chi connectivity index (χ2n) is 8.11. The summed E-state index contributed by atoms with van der Waals surface area (Å²) in [5, 5.41) is 2.93. The number of carbonyl (C=O) groups excluding carboxylic acids is 2. The van der Waals surface area contributed by atoms with Gasteiger partial charge in [0.05, 0.1) is 4.75 Å². The molecule has 2 heterocycles. The molecule has 4 nitrogen and oxygen atoms in total. The molecule has 4 rings (SSSR count). The Bertz CT molecular complexity index is 707. The van der Waals surface area contributed by atoms with Gasteiger partial charge in [0.15, 0.2) is 0 Å². The third-order valence-corrected chi connectivity index (χ3v) is 7.66. The van der Waals surface area contributed by atoms with Gasteiger partial charge in [-0.2, -0.15) is 0 Å². The summed E-state index contributed by atoms with van der Waals surface area (Å²) < 4.78 is -0.434. The molecule has 1 atom stereocenters. The van der Waals surface area contributed by atoms with Crippen molar-refractivity contribution < 1.29 is 9.59 Å². The second kappa shape index (κ2) is 6.04. The molecule has 1 N–H and O–H groups in total. The van der Waals surface area contributed by atoms with Gasteiger partial charge in [-0.15, -0.1) is 11.8 Å². The fourth-order valence-electron chi connectivity index (χ4n) is 4.52. The maximum Gasteiger partial charge on any atom is 0.246 e. The largest absolute Gasteiger partial charge is 0.342 e. The molecule has 2 aliphatic heterocycles. The van der Waals surface area contributed by atoms with Crippen LogP contribution in [0.3, 0.4) is 0 Å². The van der Waals surface area contributed by atoms with E-state index in [4.69, 9.17) is 0 Å². The van der Waals surface area contributed by atoms with Crippen LogP contribution in [0.1, 0.15) is 44.2 Å². The zero-order valence-corrected chi connectivity index (χ0v) is 15.8. The van der Waals surface area contributed by atoms with Gasteiger partial charge in [0.1, 0.15) is 6.04 Å². The first-order valence-electron chi connectivity index (χ1n) is 9.23. The second-order valence-corrected chi connectivity index (χ2v) is 9.75. The molecule has 0 radical (unpaired) electrons. The monoisotopic (exact) mass is 358 g/mol. The van der Waals surface area contributed by atoms with Crippen molar-refractivity contribution in [2.45, 2.75) is 55.7 Å². The fourth-order valence-corrected chi connectivity index (χ4v) is 5.52. The Hall–Kier alpha value is -1.49. The predicted molar refractivity (Wildman–Crippen MR) is 101 cm³/mol. The average molecular weight is 359 g/mol. The Balaban J connectivity index is 1.41. The van der Waals surface area contributed by atoms with E-state index in [9.17, 15) is 9.59 Å². The molecule has 2 saturated heterocycles. The van der Waals surface area contributed by atoms with E-state index in [1.54, 1.807) is 11.8 Å². The highest BCUT2D eigenvalue weighted by Crippen LogP contribution is 2.46. The predicted octanol–water partition coefficient (Wildman–Crippen LogP) is 2.50. The van der Waals surface area contributed by atoms with E-state index >= 15 is 0 Å². The Labute approximate surface area is 153 Å². The summed E-state index contributed by atoms with van der Waals surface area (Å²) in [5.74, 6) is 0.736. The Morgan fingerprint density at radius 2 is 1.92 bits per heavy atom. The molecule has 0 unspecified atom stereocenters. The van der Waals surface area contributed by atoms with Crippen LogP contribution in [0.25, 0.3) is 0 Å². The van der Waals surface area contributed by atoms with Crippen LogP contribution in [0.2, 0.25) is 0 Å². The van der Waals surface area contributed by atoms with Gasteiger partial charge in [0, 0.05) is 18.8 Å². The van der Waals surface area contributed by atoms with Gasteiger partial charge in [0.25, 0.3) is 0 Å². The van der Waals surface area contributed by atoms with Crippen molar-refractivity contribution in [3.8, 4) is 0 Å². The quantitative estimate of drug-likeness (QED) is 0.839. The number of aryl methyl sites for hydroxylation is 1. The zero-order chi connectivity index (χ0) is 17.7. The molecule has 0 saturated carbocycles. The van der Waals surface area contributed by atoms with Crippen molar-refractivity contribution in [1.82, 2.24) is 10.2 Å². The van der Waals surface area contributed by atoms with E-state index in [0.29, 0.717) is 5.75 Å². The van der Waals surface area contributed by atoms with Gasteiger partial charge in [-0.05, 0) is 56.1 Å². The number of amides is 2. The van der Waals surface area contributed by atoms with Crippen LogP contribution in [0.15, 0.2) is 24.3 Å². The zero-order valence-electron chi connectivity index (χ0n) is 15.0. The summed E-state index contributed by atoms with van der Waals surface area (Å²) in [5.41, 5.74) is 3.26. The number of thioether (sulfide) groups is 1. The molecule has 2 amide bonds. The van der Waals surface area contributed by atoms with Crippen LogP contribution in [-0.2, 0) is 21.4 Å². The molecule has 1 aromatic carbocycles. The van der Waals surface area contributed by atoms with Crippen molar-refractivity contribution in [3.05, 3.63) is 35.4 Å². The highest BCUT2D eigenvalue weighted by atomic mass is 32.2. The molecule has 1 spiro atoms. The van der Waals surface area contributed by atoms with Crippen molar-refractivity contribution in [3.63, 3.8) is 0 Å². The minimum atomic E-state index is -0.434. The maximum absolute atomic E-state index is 12.9. The minimum absolute atomic E-state index is 0.0275. The minimum Gasteiger partial charge on any atom is -0.342 e. The molecule has 134 valence electrons. The van der Waals surface area contributed by atoms with Crippen LogP contribution in [-0.4, -0.2) is 46.3 Å². The van der Waals surface area contributed by atoms with Crippen LogP contribution in [0.4, 0.5) is 0 Å². The molecule has 0 aromatic heterocycles. The van der Waals surface area contributed by atoms with Crippen LogP contribution in [0, 0.1) is 0 Å². The average Bonchev–Trinajstić information content (AvgIpc) is 2.96. The summed E-state index contributed by atoms with van der Waals surface area (Å²) >= 11 is 1.58. The topological polar surface area (TPSA) is 49.4 Å². The van der Waals surface area contributed by atoms with Gasteiger partial charge >= 0.3 is 0 Å². The lowest BCUT2D eigenvalue weighted by atomic mass is 9.74. The van der Waals surface area contributed by atoms with Crippen LogP contribution < -0.4 is 5.32 Å². The summed E-state index contributed by atoms with van der Waals surface area (Å²) in [6.45, 7) is 5.42. The van der Waals surface area contributed by atoms with E-state index in [-0.39, 0.29) is 23.3 Å². The van der Waals surface area contributed by atoms with E-state index in [2.05, 4.69) is 29.6 Å². The Kier molecular flexibility index (Phi) is 4.10. The third kappa shape index (κ3) is 2.86. The van der Waals surface area contributed by atoms with Crippen LogP contribution >= 0.6 is 11.8 Å². The summed E-state index contributed by atoms with van der Waals surface area (Å²) in [6.07, 6.45) is 4.44. The number of benzene rings is 1. The lowest BCUT2D eigenvalue weighted by Crippen LogP contribution is -2.59. The van der Waals surface area contributed by atoms with Crippen molar-refractivity contribution in [2.75, 3.05) is 18.8 Å². The third-order valence-electron chi connectivity index (χ3n) is 6.25. The fraction of sp³-hybridized carbons (Fsp3) is 0.600. The van der Waals surface area contributed by atoms with Crippen molar-refractivity contribution >= 4 is 23.6 Å². The van der Waals surface area contributed by atoms with Crippen molar-refractivity contribution in [1.29, 1.82) is 0 Å². The van der Waals surface area contributed by atoms with Gasteiger partial charge in [-0.25, -0.2) is 0 Å². The first-order valence-corrected chi connectivity index (χ1v) is 10.2. The van der Waals surface area contributed by atoms with Gasteiger partial charge in [-0.1, -0.05) is 24.3 Å². The molecule has 2 fully saturated rings. The van der Waals surface area contributed by atoms with E-state index < -0.39 is 4.75 Å². The summed E-state index contributed by atoms with van der Waals surface area (Å²) in [7, 11) is 0. The molecule has 0 bridgehead atoms. The number of nitrogens with one attached hydrogen (secondary N) is 1. The first-order chi connectivity index (χ1) is 11.9. The number of nitrogens with zero attached hydrogens (tertiary/aromatic N) is 1. The highest BCUT2D eigenvalue weighted by Gasteiger charge is 2.44. The molecule has 1 aliphatic carbocycles. The Morgan fingerprint density at radius 1 is 1.20 bits per heavy atom. The number of fused-ring (bicyclic) bond motifs is 2. The van der Waals surface area contributed by atoms with Gasteiger partial charge < -0.3 is 10.2 Å². The molecule has 25 heavy (non-hydrogen) atoms. The standard InChI is InChI=1S/C20H26N2O2S/c1-19(2)18(24)21-16(13-25-19)17(23)22-11-9-20(10-12-22)8-7-14-5-3-4-6-15(14)20/h3-6,16H,7-13H2,1-2H3,(H,21,24)/t16-/m0/s1. The first kappa shape index (κ1) is 17.0. The molecule has 5 heteroatoms. The van der Waals surface area contributed by atoms with Gasteiger partial charge in [0.2, 0.25) is 11.8 Å². The number of piperidine rings is 1. The highest BCUT2D eigenvalue weighted by molar-refractivity contribution is 8.01. The van der Waals surface area contributed by atoms with Crippen molar-refractivity contribution in [2.24, 2.45) is 0 Å². The normalized spacial score (nSPS) is 27.0. The molecular formula is C20H26N2O2S. The lowest BCUT2D eigenvalue weighted by Gasteiger charge is -2.42. The summed E-state index contributed by atoms with van der Waals surface area (Å²) in [6, 6.07) is 8.43. The molecular weight excluding hydrogens is 332 g/mol.